The van der Waals surface area contributed by atoms with Gasteiger partial charge in [0.15, 0.2) is 0 Å². The number of rotatable bonds is 7. The van der Waals surface area contributed by atoms with Crippen molar-refractivity contribution in [1.29, 1.82) is 0 Å². The average molecular weight is 268 g/mol. The molecule has 1 amide bonds. The van der Waals surface area contributed by atoms with E-state index in [0.29, 0.717) is 30.8 Å². The summed E-state index contributed by atoms with van der Waals surface area (Å²) in [5.74, 6) is -0.914. The Morgan fingerprint density at radius 2 is 2.16 bits per heavy atom. The van der Waals surface area contributed by atoms with Crippen LogP contribution in [0.2, 0.25) is 0 Å². The lowest BCUT2D eigenvalue weighted by Gasteiger charge is -2.25. The quantitative estimate of drug-likeness (QED) is 0.793. The predicted molar refractivity (Wildman–Crippen MR) is 72.3 cm³/mol. The van der Waals surface area contributed by atoms with Crippen molar-refractivity contribution in [3.8, 4) is 0 Å². The van der Waals surface area contributed by atoms with E-state index < -0.39 is 5.91 Å². The van der Waals surface area contributed by atoms with Gasteiger partial charge in [-0.05, 0) is 39.0 Å². The number of hydrogen-bond acceptors (Lipinski definition) is 3. The second kappa shape index (κ2) is 6.63. The van der Waals surface area contributed by atoms with Gasteiger partial charge in [-0.25, -0.2) is 4.39 Å². The Kier molecular flexibility index (Phi) is 5.44. The highest BCUT2D eigenvalue weighted by molar-refractivity contribution is 5.92. The molecule has 0 radical (unpaired) electrons. The molecule has 0 aliphatic heterocycles. The highest BCUT2D eigenvalue weighted by Crippen LogP contribution is 2.12. The van der Waals surface area contributed by atoms with E-state index in [9.17, 15) is 9.18 Å². The summed E-state index contributed by atoms with van der Waals surface area (Å²) < 4.78 is 19.1. The first-order valence-corrected chi connectivity index (χ1v) is 6.28. The van der Waals surface area contributed by atoms with Gasteiger partial charge < -0.3 is 15.8 Å². The zero-order chi connectivity index (χ0) is 14.5. The number of ether oxygens (including phenoxy) is 1. The predicted octanol–water partition coefficient (Wildman–Crippen LogP) is 1.83. The molecule has 5 heteroatoms. The molecule has 0 saturated carbocycles. The monoisotopic (exact) mass is 268 g/mol. The summed E-state index contributed by atoms with van der Waals surface area (Å²) in [4.78, 5) is 11.0. The molecule has 19 heavy (non-hydrogen) atoms. The Labute approximate surface area is 113 Å². The SMILES string of the molecule is CCOC(C)(C)CNCc1cc(C(N)=O)ccc1F. The summed E-state index contributed by atoms with van der Waals surface area (Å²) in [7, 11) is 0. The minimum absolute atomic E-state index is 0.308. The summed E-state index contributed by atoms with van der Waals surface area (Å²) in [6.45, 7) is 7.38. The number of hydrogen-bond donors (Lipinski definition) is 2. The number of nitrogens with one attached hydrogen (secondary N) is 1. The molecule has 3 N–H and O–H groups in total. The van der Waals surface area contributed by atoms with Crippen LogP contribution >= 0.6 is 0 Å². The van der Waals surface area contributed by atoms with E-state index in [0.717, 1.165) is 0 Å². The van der Waals surface area contributed by atoms with Crippen LogP contribution in [0.4, 0.5) is 4.39 Å². The molecule has 4 nitrogen and oxygen atoms in total. The summed E-state index contributed by atoms with van der Waals surface area (Å²) in [6, 6.07) is 4.11. The Morgan fingerprint density at radius 3 is 2.74 bits per heavy atom. The Hall–Kier alpha value is -1.46. The van der Waals surface area contributed by atoms with Gasteiger partial charge in [0.05, 0.1) is 5.60 Å². The molecule has 1 aromatic carbocycles. The number of carbonyl (C=O) groups excluding carboxylic acids is 1. The summed E-state index contributed by atoms with van der Waals surface area (Å²) in [6.07, 6.45) is 0. The van der Waals surface area contributed by atoms with Crippen molar-refractivity contribution in [2.24, 2.45) is 5.73 Å². The van der Waals surface area contributed by atoms with Crippen LogP contribution in [0, 0.1) is 5.82 Å². The number of primary amides is 1. The van der Waals surface area contributed by atoms with Gasteiger partial charge >= 0.3 is 0 Å². The van der Waals surface area contributed by atoms with Gasteiger partial charge in [0, 0.05) is 30.8 Å². The van der Waals surface area contributed by atoms with Crippen LogP contribution in [0.5, 0.6) is 0 Å². The Balaban J connectivity index is 2.62. The first kappa shape index (κ1) is 15.6. The molecule has 0 bridgehead atoms. The van der Waals surface area contributed by atoms with E-state index in [1.165, 1.54) is 18.2 Å². The van der Waals surface area contributed by atoms with E-state index in [4.69, 9.17) is 10.5 Å². The van der Waals surface area contributed by atoms with Crippen LogP contribution < -0.4 is 11.1 Å². The van der Waals surface area contributed by atoms with Gasteiger partial charge in [-0.15, -0.1) is 0 Å². The van der Waals surface area contributed by atoms with Gasteiger partial charge in [0.25, 0.3) is 0 Å². The first-order chi connectivity index (χ1) is 8.85. The molecular formula is C14H21FN2O2. The smallest absolute Gasteiger partial charge is 0.248 e. The third-order valence-corrected chi connectivity index (χ3v) is 2.73. The molecule has 1 aromatic rings. The van der Waals surface area contributed by atoms with Gasteiger partial charge in [-0.1, -0.05) is 0 Å². The lowest BCUT2D eigenvalue weighted by atomic mass is 10.1. The second-order valence-electron chi connectivity index (χ2n) is 4.97. The molecule has 0 unspecified atom stereocenters. The minimum Gasteiger partial charge on any atom is -0.375 e. The van der Waals surface area contributed by atoms with Crippen molar-refractivity contribution >= 4 is 5.91 Å². The van der Waals surface area contributed by atoms with Crippen molar-refractivity contribution in [3.05, 3.63) is 35.1 Å². The van der Waals surface area contributed by atoms with E-state index in [2.05, 4.69) is 5.32 Å². The number of nitrogens with two attached hydrogens (primary N) is 1. The van der Waals surface area contributed by atoms with Gasteiger partial charge in [-0.2, -0.15) is 0 Å². The highest BCUT2D eigenvalue weighted by Gasteiger charge is 2.17. The second-order valence-corrected chi connectivity index (χ2v) is 4.97. The molecule has 0 fully saturated rings. The van der Waals surface area contributed by atoms with Crippen molar-refractivity contribution in [1.82, 2.24) is 5.32 Å². The lowest BCUT2D eigenvalue weighted by Crippen LogP contribution is -2.37. The first-order valence-electron chi connectivity index (χ1n) is 6.28. The molecule has 0 atom stereocenters. The number of halogens is 1. The van der Waals surface area contributed by atoms with Crippen LogP contribution in [0.25, 0.3) is 0 Å². The van der Waals surface area contributed by atoms with Gasteiger partial charge in [0.1, 0.15) is 5.82 Å². The number of benzene rings is 1. The minimum atomic E-state index is -0.559. The standard InChI is InChI=1S/C14H21FN2O2/c1-4-19-14(2,3)9-17-8-11-7-10(13(16)18)5-6-12(11)15/h5-7,17H,4,8-9H2,1-3H3,(H2,16,18). The lowest BCUT2D eigenvalue weighted by molar-refractivity contribution is -0.00902. The molecule has 0 saturated heterocycles. The van der Waals surface area contributed by atoms with E-state index in [1.807, 2.05) is 20.8 Å². The average Bonchev–Trinajstić information content (AvgIpc) is 2.30. The number of amides is 1. The summed E-state index contributed by atoms with van der Waals surface area (Å²) in [5, 5.41) is 3.12. The van der Waals surface area contributed by atoms with Crippen molar-refractivity contribution in [3.63, 3.8) is 0 Å². The highest BCUT2D eigenvalue weighted by atomic mass is 19.1. The maximum absolute atomic E-state index is 13.6. The Bertz CT molecular complexity index is 447. The topological polar surface area (TPSA) is 64.3 Å². The molecule has 0 heterocycles. The molecule has 1 rings (SSSR count). The fourth-order valence-corrected chi connectivity index (χ4v) is 1.80. The fraction of sp³-hybridized carbons (Fsp3) is 0.500. The molecule has 0 aromatic heterocycles. The zero-order valence-electron chi connectivity index (χ0n) is 11.6. The van der Waals surface area contributed by atoms with Crippen LogP contribution in [0.3, 0.4) is 0 Å². The zero-order valence-corrected chi connectivity index (χ0v) is 11.6. The van der Waals surface area contributed by atoms with Gasteiger partial charge in [-0.3, -0.25) is 4.79 Å². The summed E-state index contributed by atoms with van der Waals surface area (Å²) >= 11 is 0. The maximum atomic E-state index is 13.6. The van der Waals surface area contributed by atoms with Crippen LogP contribution in [0.15, 0.2) is 18.2 Å². The Morgan fingerprint density at radius 1 is 1.47 bits per heavy atom. The third-order valence-electron chi connectivity index (χ3n) is 2.73. The largest absolute Gasteiger partial charge is 0.375 e. The van der Waals surface area contributed by atoms with Gasteiger partial charge in [0.2, 0.25) is 5.91 Å². The van der Waals surface area contributed by atoms with E-state index >= 15 is 0 Å². The van der Waals surface area contributed by atoms with Crippen LogP contribution in [-0.2, 0) is 11.3 Å². The molecule has 106 valence electrons. The van der Waals surface area contributed by atoms with Crippen molar-refractivity contribution in [2.75, 3.05) is 13.2 Å². The maximum Gasteiger partial charge on any atom is 0.248 e. The molecule has 0 spiro atoms. The van der Waals surface area contributed by atoms with Crippen LogP contribution in [0.1, 0.15) is 36.7 Å². The van der Waals surface area contributed by atoms with Crippen molar-refractivity contribution < 1.29 is 13.9 Å². The number of carbonyl (C=O) groups is 1. The third kappa shape index (κ3) is 4.96. The molecule has 0 aliphatic carbocycles. The van der Waals surface area contributed by atoms with Crippen LogP contribution in [-0.4, -0.2) is 24.7 Å². The summed E-state index contributed by atoms with van der Waals surface area (Å²) in [5.41, 5.74) is 5.58. The molecule has 0 aliphatic rings. The molecular weight excluding hydrogens is 247 g/mol. The van der Waals surface area contributed by atoms with Crippen molar-refractivity contribution in [2.45, 2.75) is 32.9 Å². The van der Waals surface area contributed by atoms with E-state index in [1.54, 1.807) is 0 Å². The normalized spacial score (nSPS) is 11.6. The fourth-order valence-electron chi connectivity index (χ4n) is 1.80. The van der Waals surface area contributed by atoms with E-state index in [-0.39, 0.29) is 11.4 Å².